The zero-order valence-electron chi connectivity index (χ0n) is 23.6. The highest BCUT2D eigenvalue weighted by Crippen LogP contribution is 2.30. The van der Waals surface area contributed by atoms with Crippen LogP contribution in [0.5, 0.6) is 5.75 Å². The molecule has 1 aromatic carbocycles. The molecule has 0 unspecified atom stereocenters. The Balaban J connectivity index is 1.62. The van der Waals surface area contributed by atoms with E-state index in [0.29, 0.717) is 28.5 Å². The summed E-state index contributed by atoms with van der Waals surface area (Å²) in [7, 11) is -2.16. The van der Waals surface area contributed by atoms with Gasteiger partial charge in [-0.25, -0.2) is 13.2 Å². The second kappa shape index (κ2) is 12.5. The number of hydrogen-bond donors (Lipinski definition) is 3. The van der Waals surface area contributed by atoms with Crippen molar-refractivity contribution in [3.8, 4) is 5.75 Å². The second-order valence-electron chi connectivity index (χ2n) is 10.3. The SMILES string of the molecule is Cc1noc(C)c1NC(=O)N(C)C[C@H]1Oc2ccc(NS(=O)(=O)c3cccs3)cc2CC(=O)N([C@@H](C)CO)C[C@H]1C. The molecule has 0 saturated carbocycles. The summed E-state index contributed by atoms with van der Waals surface area (Å²) in [5, 5.41) is 18.2. The first-order chi connectivity index (χ1) is 19.4. The van der Waals surface area contributed by atoms with E-state index in [1.54, 1.807) is 62.4 Å². The van der Waals surface area contributed by atoms with Gasteiger partial charge in [0, 0.05) is 30.8 Å². The fraction of sp³-hybridized carbons (Fsp3) is 0.444. The van der Waals surface area contributed by atoms with E-state index in [9.17, 15) is 23.1 Å². The average Bonchev–Trinajstić information content (AvgIpc) is 3.59. The van der Waals surface area contributed by atoms with Crippen LogP contribution in [0, 0.1) is 19.8 Å². The summed E-state index contributed by atoms with van der Waals surface area (Å²) in [6, 6.07) is 7.12. The molecule has 4 rings (SSSR count). The molecule has 12 nitrogen and oxygen atoms in total. The number of nitrogens with zero attached hydrogens (tertiary/aromatic N) is 3. The number of fused-ring (bicyclic) bond motifs is 1. The van der Waals surface area contributed by atoms with Crippen LogP contribution in [-0.2, 0) is 21.2 Å². The van der Waals surface area contributed by atoms with Crippen molar-refractivity contribution in [2.45, 2.75) is 50.5 Å². The van der Waals surface area contributed by atoms with E-state index in [1.165, 1.54) is 11.0 Å². The number of aryl methyl sites for hydroxylation is 2. The minimum Gasteiger partial charge on any atom is -0.488 e. The lowest BCUT2D eigenvalue weighted by Crippen LogP contribution is -2.48. The highest BCUT2D eigenvalue weighted by atomic mass is 32.2. The molecule has 3 heterocycles. The third-order valence-corrected chi connectivity index (χ3v) is 9.77. The number of likely N-dealkylation sites (N-methyl/N-ethyl adjacent to an activating group) is 1. The molecule has 0 bridgehead atoms. The Kier molecular flexibility index (Phi) is 9.24. The third-order valence-electron chi connectivity index (χ3n) is 6.99. The molecule has 3 aromatic rings. The number of aliphatic hydroxyl groups excluding tert-OH is 1. The van der Waals surface area contributed by atoms with Crippen molar-refractivity contribution in [2.24, 2.45) is 5.92 Å². The minimum absolute atomic E-state index is 0.0595. The predicted octanol–water partition coefficient (Wildman–Crippen LogP) is 3.47. The number of aliphatic hydroxyl groups is 1. The van der Waals surface area contributed by atoms with E-state index >= 15 is 0 Å². The Hall–Kier alpha value is -3.62. The summed E-state index contributed by atoms with van der Waals surface area (Å²) in [5.74, 6) is 0.437. The number of aromatic nitrogens is 1. The van der Waals surface area contributed by atoms with Crippen molar-refractivity contribution in [3.05, 3.63) is 52.7 Å². The van der Waals surface area contributed by atoms with Crippen LogP contribution in [-0.4, -0.2) is 79.3 Å². The number of benzene rings is 1. The van der Waals surface area contributed by atoms with Gasteiger partial charge >= 0.3 is 6.03 Å². The molecule has 0 aliphatic carbocycles. The van der Waals surface area contributed by atoms with Gasteiger partial charge in [0.05, 0.1) is 25.6 Å². The molecule has 0 fully saturated rings. The normalized spacial score (nSPS) is 18.4. The van der Waals surface area contributed by atoms with Crippen LogP contribution in [0.1, 0.15) is 30.9 Å². The van der Waals surface area contributed by atoms with Crippen molar-refractivity contribution >= 4 is 44.7 Å². The quantitative estimate of drug-likeness (QED) is 0.353. The summed E-state index contributed by atoms with van der Waals surface area (Å²) in [6.07, 6.45) is -0.599. The van der Waals surface area contributed by atoms with E-state index in [2.05, 4.69) is 15.2 Å². The molecule has 2 aromatic heterocycles. The Morgan fingerprint density at radius 2 is 2.07 bits per heavy atom. The second-order valence-corrected chi connectivity index (χ2v) is 13.1. The fourth-order valence-corrected chi connectivity index (χ4v) is 6.59. The number of urea groups is 1. The third kappa shape index (κ3) is 7.00. The lowest BCUT2D eigenvalue weighted by atomic mass is 10.0. The lowest BCUT2D eigenvalue weighted by Gasteiger charge is -2.34. The van der Waals surface area contributed by atoms with Gasteiger partial charge in [-0.15, -0.1) is 11.3 Å². The van der Waals surface area contributed by atoms with Gasteiger partial charge in [-0.05, 0) is 50.4 Å². The number of hydrogen-bond acceptors (Lipinski definition) is 9. The molecule has 41 heavy (non-hydrogen) atoms. The van der Waals surface area contributed by atoms with E-state index in [-0.39, 0.29) is 53.9 Å². The van der Waals surface area contributed by atoms with Crippen LogP contribution in [0.15, 0.2) is 44.4 Å². The molecule has 0 radical (unpaired) electrons. The average molecular weight is 606 g/mol. The summed E-state index contributed by atoms with van der Waals surface area (Å²) >= 11 is 1.10. The molecule has 3 atom stereocenters. The van der Waals surface area contributed by atoms with Crippen molar-refractivity contribution < 1.29 is 32.4 Å². The van der Waals surface area contributed by atoms with Crippen molar-refractivity contribution in [1.29, 1.82) is 0 Å². The highest BCUT2D eigenvalue weighted by molar-refractivity contribution is 7.94. The maximum absolute atomic E-state index is 13.4. The Morgan fingerprint density at radius 3 is 2.71 bits per heavy atom. The molecule has 3 amide bonds. The molecule has 3 N–H and O–H groups in total. The van der Waals surface area contributed by atoms with Gasteiger partial charge in [0.2, 0.25) is 5.91 Å². The van der Waals surface area contributed by atoms with E-state index < -0.39 is 22.2 Å². The summed E-state index contributed by atoms with van der Waals surface area (Å²) < 4.78 is 39.9. The first-order valence-corrected chi connectivity index (χ1v) is 15.5. The Morgan fingerprint density at radius 1 is 1.32 bits per heavy atom. The van der Waals surface area contributed by atoms with Crippen LogP contribution in [0.25, 0.3) is 0 Å². The molecule has 0 saturated heterocycles. The number of rotatable bonds is 8. The summed E-state index contributed by atoms with van der Waals surface area (Å²) in [4.78, 5) is 29.5. The number of sulfonamides is 1. The van der Waals surface area contributed by atoms with Crippen LogP contribution in [0.4, 0.5) is 16.2 Å². The number of nitrogens with one attached hydrogen (secondary N) is 2. The van der Waals surface area contributed by atoms with E-state index in [4.69, 9.17) is 9.26 Å². The van der Waals surface area contributed by atoms with Gasteiger partial charge < -0.3 is 29.5 Å². The fourth-order valence-electron chi connectivity index (χ4n) is 4.55. The molecular formula is C27H35N5O7S2. The van der Waals surface area contributed by atoms with Gasteiger partial charge in [0.1, 0.15) is 27.4 Å². The monoisotopic (exact) mass is 605 g/mol. The zero-order valence-corrected chi connectivity index (χ0v) is 25.2. The van der Waals surface area contributed by atoms with Gasteiger partial charge in [-0.1, -0.05) is 18.1 Å². The maximum atomic E-state index is 13.4. The van der Waals surface area contributed by atoms with E-state index in [0.717, 1.165) is 11.3 Å². The van der Waals surface area contributed by atoms with Crippen LogP contribution < -0.4 is 14.8 Å². The van der Waals surface area contributed by atoms with Crippen LogP contribution in [0.2, 0.25) is 0 Å². The summed E-state index contributed by atoms with van der Waals surface area (Å²) in [5.41, 5.74) is 1.83. The van der Waals surface area contributed by atoms with E-state index in [1.807, 2.05) is 6.92 Å². The molecule has 14 heteroatoms. The minimum atomic E-state index is -3.80. The number of thiophene rings is 1. The lowest BCUT2D eigenvalue weighted by molar-refractivity contribution is -0.134. The number of carbonyl (C=O) groups is 2. The van der Waals surface area contributed by atoms with Crippen molar-refractivity contribution in [1.82, 2.24) is 15.0 Å². The number of carbonyl (C=O) groups excluding carboxylic acids is 2. The van der Waals surface area contributed by atoms with Crippen molar-refractivity contribution in [2.75, 3.05) is 36.8 Å². The standard InChI is InChI=1S/C27H35N5O7S2/c1-16-13-32(17(2)15-33)24(34)12-20-11-21(30-41(36,37)25-7-6-10-40-25)8-9-22(20)38-23(16)14-31(5)27(35)28-26-18(3)29-39-19(26)4/h6-11,16-17,23,30,33H,12-15H2,1-5H3,(H,28,35)/t16-,17+,23-/m1/s1. The molecular weight excluding hydrogens is 570 g/mol. The maximum Gasteiger partial charge on any atom is 0.321 e. The molecule has 0 spiro atoms. The van der Waals surface area contributed by atoms with Gasteiger partial charge in [0.15, 0.2) is 5.76 Å². The number of anilines is 2. The Bertz CT molecular complexity index is 1470. The summed E-state index contributed by atoms with van der Waals surface area (Å²) in [6.45, 7) is 7.36. The zero-order chi connectivity index (χ0) is 29.9. The first kappa shape index (κ1) is 30.3. The highest BCUT2D eigenvalue weighted by Gasteiger charge is 2.32. The van der Waals surface area contributed by atoms with Crippen LogP contribution in [0.3, 0.4) is 0 Å². The van der Waals surface area contributed by atoms with Gasteiger partial charge in [0.25, 0.3) is 10.0 Å². The topological polar surface area (TPSA) is 154 Å². The predicted molar refractivity (Wildman–Crippen MR) is 155 cm³/mol. The first-order valence-electron chi connectivity index (χ1n) is 13.1. The van der Waals surface area contributed by atoms with Gasteiger partial charge in [-0.3, -0.25) is 9.52 Å². The van der Waals surface area contributed by atoms with Crippen molar-refractivity contribution in [3.63, 3.8) is 0 Å². The van der Waals surface area contributed by atoms with Crippen LogP contribution >= 0.6 is 11.3 Å². The molecule has 1 aliphatic heterocycles. The largest absolute Gasteiger partial charge is 0.488 e. The Labute approximate surface area is 243 Å². The molecule has 222 valence electrons. The molecule has 1 aliphatic rings. The smallest absolute Gasteiger partial charge is 0.321 e. The number of amides is 3. The number of ether oxygens (including phenoxy) is 1. The van der Waals surface area contributed by atoms with Gasteiger partial charge in [-0.2, -0.15) is 0 Å².